The lowest BCUT2D eigenvalue weighted by molar-refractivity contribution is -0.132. The molecule has 2 aromatic carbocycles. The average Bonchev–Trinajstić information content (AvgIpc) is 3.35. The molecule has 1 atom stereocenters. The third kappa shape index (κ3) is 3.96. The molecule has 31 heavy (non-hydrogen) atoms. The summed E-state index contributed by atoms with van der Waals surface area (Å²) in [5.41, 5.74) is 2.25. The van der Waals surface area contributed by atoms with E-state index in [2.05, 4.69) is 4.98 Å². The number of nitrogens with zero attached hydrogens (tertiary/aromatic N) is 2. The van der Waals surface area contributed by atoms with Gasteiger partial charge in [-0.1, -0.05) is 29.8 Å². The Bertz CT molecular complexity index is 1130. The number of hydrogen-bond donors (Lipinski definition) is 1. The van der Waals surface area contributed by atoms with Gasteiger partial charge in [0.15, 0.2) is 5.13 Å². The number of carbonyl (C=O) groups excluding carboxylic acids is 2. The van der Waals surface area contributed by atoms with Gasteiger partial charge in [-0.25, -0.2) is 4.98 Å². The van der Waals surface area contributed by atoms with Crippen LogP contribution in [0, 0.1) is 6.92 Å². The highest BCUT2D eigenvalue weighted by molar-refractivity contribution is 7.14. The van der Waals surface area contributed by atoms with Crippen molar-refractivity contribution >= 4 is 33.9 Å². The van der Waals surface area contributed by atoms with Crippen LogP contribution >= 0.6 is 11.3 Å². The second-order valence-corrected chi connectivity index (χ2v) is 8.46. The Balaban J connectivity index is 1.84. The second-order valence-electron chi connectivity index (χ2n) is 7.59. The highest BCUT2D eigenvalue weighted by atomic mass is 32.1. The van der Waals surface area contributed by atoms with E-state index in [-0.39, 0.29) is 17.4 Å². The van der Waals surface area contributed by atoms with Crippen LogP contribution in [0.15, 0.2) is 65.7 Å². The van der Waals surface area contributed by atoms with Crippen LogP contribution in [0.25, 0.3) is 5.76 Å². The van der Waals surface area contributed by atoms with Crippen LogP contribution in [-0.2, 0) is 9.59 Å². The minimum atomic E-state index is -0.765. The maximum atomic E-state index is 13.0. The number of amides is 1. The number of ketones is 1. The van der Waals surface area contributed by atoms with E-state index in [0.29, 0.717) is 16.4 Å². The summed E-state index contributed by atoms with van der Waals surface area (Å²) >= 11 is 1.27. The summed E-state index contributed by atoms with van der Waals surface area (Å²) in [6, 6.07) is 13.6. The number of Topliss-reactive ketones (excluding diaryl/α,β-unsaturated/α-hetero) is 1. The molecule has 1 aromatic heterocycles. The van der Waals surface area contributed by atoms with Crippen LogP contribution in [-0.4, -0.2) is 27.9 Å². The number of rotatable bonds is 5. The molecule has 0 saturated carbocycles. The fourth-order valence-corrected chi connectivity index (χ4v) is 4.21. The van der Waals surface area contributed by atoms with Crippen LogP contribution in [0.5, 0.6) is 5.75 Å². The summed E-state index contributed by atoms with van der Waals surface area (Å²) in [5, 5.41) is 13.3. The van der Waals surface area contributed by atoms with E-state index in [1.165, 1.54) is 16.2 Å². The Morgan fingerprint density at radius 2 is 1.77 bits per heavy atom. The van der Waals surface area contributed by atoms with E-state index < -0.39 is 17.7 Å². The van der Waals surface area contributed by atoms with Crippen LogP contribution in [0.4, 0.5) is 5.13 Å². The quantitative estimate of drug-likeness (QED) is 0.352. The van der Waals surface area contributed by atoms with Gasteiger partial charge >= 0.3 is 5.91 Å². The molecule has 0 bridgehead atoms. The zero-order chi connectivity index (χ0) is 22.1. The molecule has 0 aliphatic carbocycles. The van der Waals surface area contributed by atoms with Crippen molar-refractivity contribution in [1.82, 2.24) is 4.98 Å². The first kappa shape index (κ1) is 20.8. The molecular formula is C24H22N2O4S. The van der Waals surface area contributed by atoms with E-state index in [1.807, 2.05) is 45.0 Å². The molecule has 1 aliphatic rings. The number of hydrogen-bond acceptors (Lipinski definition) is 6. The third-order valence-electron chi connectivity index (χ3n) is 4.96. The lowest BCUT2D eigenvalue weighted by Gasteiger charge is -2.23. The van der Waals surface area contributed by atoms with Gasteiger partial charge in [0.25, 0.3) is 5.78 Å². The largest absolute Gasteiger partial charge is 0.507 e. The number of aromatic nitrogens is 1. The Hall–Kier alpha value is -3.45. The first-order valence-corrected chi connectivity index (χ1v) is 10.8. The van der Waals surface area contributed by atoms with Gasteiger partial charge in [0.05, 0.1) is 17.7 Å². The smallest absolute Gasteiger partial charge is 0.301 e. The molecule has 1 saturated heterocycles. The fourth-order valence-electron chi connectivity index (χ4n) is 3.55. The number of aliphatic hydroxyl groups is 1. The number of aryl methyl sites for hydroxylation is 1. The van der Waals surface area contributed by atoms with Crippen LogP contribution in [0.3, 0.4) is 0 Å². The molecular weight excluding hydrogens is 412 g/mol. The van der Waals surface area contributed by atoms with E-state index in [1.54, 1.807) is 35.8 Å². The molecule has 1 aliphatic heterocycles. The zero-order valence-electron chi connectivity index (χ0n) is 17.4. The second kappa shape index (κ2) is 8.35. The molecule has 0 radical (unpaired) electrons. The van der Waals surface area contributed by atoms with Gasteiger partial charge in [0, 0.05) is 17.1 Å². The number of anilines is 1. The summed E-state index contributed by atoms with van der Waals surface area (Å²) < 4.78 is 5.65. The standard InChI is InChI=1S/C24H22N2O4S/c1-14(2)30-18-10-8-17(9-11-18)21(27)19-20(16-6-4-15(3)5-7-16)26(23(29)22(19)28)24-25-12-13-31-24/h4-14,20,27H,1-3H3. The van der Waals surface area contributed by atoms with E-state index in [4.69, 9.17) is 4.74 Å². The van der Waals surface area contributed by atoms with Crippen molar-refractivity contribution in [3.8, 4) is 5.75 Å². The Morgan fingerprint density at radius 3 is 2.35 bits per heavy atom. The van der Waals surface area contributed by atoms with Crippen molar-refractivity contribution in [2.75, 3.05) is 4.90 Å². The summed E-state index contributed by atoms with van der Waals surface area (Å²) in [6.07, 6.45) is 1.60. The summed E-state index contributed by atoms with van der Waals surface area (Å²) in [7, 11) is 0. The van der Waals surface area contributed by atoms with E-state index in [9.17, 15) is 14.7 Å². The van der Waals surface area contributed by atoms with E-state index in [0.717, 1.165) is 11.1 Å². The number of carbonyl (C=O) groups is 2. The molecule has 1 amide bonds. The predicted octanol–water partition coefficient (Wildman–Crippen LogP) is 4.87. The Labute approximate surface area is 184 Å². The number of ether oxygens (including phenoxy) is 1. The number of benzene rings is 2. The zero-order valence-corrected chi connectivity index (χ0v) is 18.2. The van der Waals surface area contributed by atoms with Crippen molar-refractivity contribution in [1.29, 1.82) is 0 Å². The highest BCUT2D eigenvalue weighted by Gasteiger charge is 2.47. The maximum absolute atomic E-state index is 13.0. The molecule has 3 aromatic rings. The van der Waals surface area contributed by atoms with Gasteiger partial charge in [0.1, 0.15) is 11.5 Å². The normalized spacial score (nSPS) is 18.1. The first-order valence-electron chi connectivity index (χ1n) is 9.91. The summed E-state index contributed by atoms with van der Waals surface area (Å²) in [6.45, 7) is 5.81. The molecule has 6 nitrogen and oxygen atoms in total. The molecule has 0 spiro atoms. The van der Waals surface area contributed by atoms with Gasteiger partial charge in [-0.15, -0.1) is 11.3 Å². The van der Waals surface area contributed by atoms with Crippen LogP contribution in [0.2, 0.25) is 0 Å². The minimum Gasteiger partial charge on any atom is -0.507 e. The predicted molar refractivity (Wildman–Crippen MR) is 120 cm³/mol. The van der Waals surface area contributed by atoms with Gasteiger partial charge in [-0.3, -0.25) is 14.5 Å². The highest BCUT2D eigenvalue weighted by Crippen LogP contribution is 2.42. The molecule has 1 N–H and O–H groups in total. The van der Waals surface area contributed by atoms with Crippen molar-refractivity contribution in [2.45, 2.75) is 32.9 Å². The fraction of sp³-hybridized carbons (Fsp3) is 0.208. The number of aliphatic hydroxyl groups excluding tert-OH is 1. The van der Waals surface area contributed by atoms with Gasteiger partial charge in [-0.05, 0) is 50.6 Å². The summed E-state index contributed by atoms with van der Waals surface area (Å²) in [4.78, 5) is 31.6. The Kier molecular flexibility index (Phi) is 5.61. The van der Waals surface area contributed by atoms with Crippen molar-refractivity contribution in [3.05, 3.63) is 82.4 Å². The number of thiazole rings is 1. The van der Waals surface area contributed by atoms with Gasteiger partial charge < -0.3 is 9.84 Å². The molecule has 158 valence electrons. The average molecular weight is 435 g/mol. The van der Waals surface area contributed by atoms with Crippen molar-refractivity contribution in [3.63, 3.8) is 0 Å². The molecule has 2 heterocycles. The topological polar surface area (TPSA) is 79.7 Å². The van der Waals surface area contributed by atoms with Crippen LogP contribution < -0.4 is 9.64 Å². The van der Waals surface area contributed by atoms with Gasteiger partial charge in [-0.2, -0.15) is 0 Å². The molecule has 1 fully saturated rings. The molecule has 7 heteroatoms. The Morgan fingerprint density at radius 1 is 1.10 bits per heavy atom. The molecule has 4 rings (SSSR count). The minimum absolute atomic E-state index is 0.0182. The van der Waals surface area contributed by atoms with Crippen molar-refractivity contribution in [2.24, 2.45) is 0 Å². The monoisotopic (exact) mass is 434 g/mol. The maximum Gasteiger partial charge on any atom is 0.301 e. The van der Waals surface area contributed by atoms with Crippen molar-refractivity contribution < 1.29 is 19.4 Å². The third-order valence-corrected chi connectivity index (χ3v) is 5.73. The molecule has 1 unspecified atom stereocenters. The SMILES string of the molecule is Cc1ccc(C2C(=C(O)c3ccc(OC(C)C)cc3)C(=O)C(=O)N2c2nccs2)cc1. The summed E-state index contributed by atoms with van der Waals surface area (Å²) in [5.74, 6) is -1.01. The van der Waals surface area contributed by atoms with Crippen LogP contribution in [0.1, 0.15) is 36.6 Å². The van der Waals surface area contributed by atoms with Gasteiger partial charge in [0.2, 0.25) is 0 Å². The van der Waals surface area contributed by atoms with E-state index >= 15 is 0 Å². The lowest BCUT2D eigenvalue weighted by Crippen LogP contribution is -2.29. The lowest BCUT2D eigenvalue weighted by atomic mass is 9.95. The first-order chi connectivity index (χ1) is 14.9.